The molecule has 100 valence electrons. The molecule has 0 aliphatic rings. The molecule has 0 saturated heterocycles. The Morgan fingerprint density at radius 3 is 2.30 bits per heavy atom. The monoisotopic (exact) mass is 345 g/mol. The Kier molecular flexibility index (Phi) is 3.95. The standard InChI is InChI=1S/C17H13BrClN/c18-16-9-10-17(15-4-2-1-3-14(15)16)20-11-12-5-7-13(19)8-6-12/h1-10,20H,11H2. The van der Waals surface area contributed by atoms with Gasteiger partial charge in [-0.05, 0) is 35.2 Å². The second-order valence-corrected chi connectivity index (χ2v) is 5.91. The summed E-state index contributed by atoms with van der Waals surface area (Å²) in [6, 6.07) is 20.4. The van der Waals surface area contributed by atoms with Gasteiger partial charge in [-0.1, -0.05) is 63.9 Å². The van der Waals surface area contributed by atoms with Crippen LogP contribution in [0.2, 0.25) is 5.02 Å². The third kappa shape index (κ3) is 2.82. The fraction of sp³-hybridized carbons (Fsp3) is 0.0588. The van der Waals surface area contributed by atoms with Crippen molar-refractivity contribution in [3.63, 3.8) is 0 Å². The van der Waals surface area contributed by atoms with E-state index >= 15 is 0 Å². The van der Waals surface area contributed by atoms with Gasteiger partial charge in [-0.15, -0.1) is 0 Å². The number of anilines is 1. The predicted octanol–water partition coefficient (Wildman–Crippen LogP) is 5.87. The van der Waals surface area contributed by atoms with E-state index in [0.29, 0.717) is 0 Å². The Bertz CT molecular complexity index is 738. The van der Waals surface area contributed by atoms with E-state index in [4.69, 9.17) is 11.6 Å². The summed E-state index contributed by atoms with van der Waals surface area (Å²) in [5.41, 5.74) is 2.35. The molecular formula is C17H13BrClN. The van der Waals surface area contributed by atoms with Crippen LogP contribution >= 0.6 is 27.5 Å². The molecule has 0 heterocycles. The molecule has 20 heavy (non-hydrogen) atoms. The zero-order chi connectivity index (χ0) is 13.9. The van der Waals surface area contributed by atoms with E-state index in [0.717, 1.165) is 21.7 Å². The van der Waals surface area contributed by atoms with E-state index in [2.05, 4.69) is 57.6 Å². The average Bonchev–Trinajstić information content (AvgIpc) is 2.49. The Morgan fingerprint density at radius 2 is 1.55 bits per heavy atom. The molecule has 3 aromatic rings. The Hall–Kier alpha value is -1.51. The molecule has 3 rings (SSSR count). The van der Waals surface area contributed by atoms with Crippen molar-refractivity contribution in [3.05, 3.63) is 75.7 Å². The molecule has 0 aromatic heterocycles. The zero-order valence-electron chi connectivity index (χ0n) is 10.7. The minimum Gasteiger partial charge on any atom is -0.380 e. The quantitative estimate of drug-likeness (QED) is 0.625. The minimum atomic E-state index is 0.767. The number of rotatable bonds is 3. The first kappa shape index (κ1) is 13.5. The maximum atomic E-state index is 5.90. The van der Waals surface area contributed by atoms with Crippen LogP contribution in [0.4, 0.5) is 5.69 Å². The van der Waals surface area contributed by atoms with Crippen molar-refractivity contribution >= 4 is 44.0 Å². The summed E-state index contributed by atoms with van der Waals surface area (Å²) in [5.74, 6) is 0. The summed E-state index contributed by atoms with van der Waals surface area (Å²) in [5, 5.41) is 6.69. The molecule has 0 amide bonds. The summed E-state index contributed by atoms with van der Waals surface area (Å²) in [7, 11) is 0. The van der Waals surface area contributed by atoms with Crippen molar-refractivity contribution in [2.45, 2.75) is 6.54 Å². The van der Waals surface area contributed by atoms with Gasteiger partial charge in [0.1, 0.15) is 0 Å². The molecule has 1 nitrogen and oxygen atoms in total. The summed E-state index contributed by atoms with van der Waals surface area (Å²) < 4.78 is 1.12. The number of halogens is 2. The smallest absolute Gasteiger partial charge is 0.0423 e. The maximum absolute atomic E-state index is 5.90. The van der Waals surface area contributed by atoms with Gasteiger partial charge >= 0.3 is 0 Å². The maximum Gasteiger partial charge on any atom is 0.0423 e. The summed E-state index contributed by atoms with van der Waals surface area (Å²) in [4.78, 5) is 0. The van der Waals surface area contributed by atoms with Gasteiger partial charge in [0.05, 0.1) is 0 Å². The van der Waals surface area contributed by atoms with Crippen LogP contribution in [0.1, 0.15) is 5.56 Å². The van der Waals surface area contributed by atoms with Crippen LogP contribution in [-0.2, 0) is 6.54 Å². The SMILES string of the molecule is Clc1ccc(CNc2ccc(Br)c3ccccc23)cc1. The van der Waals surface area contributed by atoms with Crippen molar-refractivity contribution in [1.82, 2.24) is 0 Å². The molecule has 3 aromatic carbocycles. The number of hydrogen-bond acceptors (Lipinski definition) is 1. The van der Waals surface area contributed by atoms with Crippen LogP contribution in [0.15, 0.2) is 65.1 Å². The predicted molar refractivity (Wildman–Crippen MR) is 90.4 cm³/mol. The van der Waals surface area contributed by atoms with Gasteiger partial charge in [-0.3, -0.25) is 0 Å². The zero-order valence-corrected chi connectivity index (χ0v) is 13.1. The van der Waals surface area contributed by atoms with Gasteiger partial charge in [-0.25, -0.2) is 0 Å². The van der Waals surface area contributed by atoms with Gasteiger partial charge in [0, 0.05) is 27.1 Å². The molecule has 0 bridgehead atoms. The summed E-state index contributed by atoms with van der Waals surface area (Å²) in [6.45, 7) is 0.781. The van der Waals surface area contributed by atoms with Crippen molar-refractivity contribution in [3.8, 4) is 0 Å². The van der Waals surface area contributed by atoms with Crippen molar-refractivity contribution < 1.29 is 0 Å². The highest BCUT2D eigenvalue weighted by Gasteiger charge is 2.03. The minimum absolute atomic E-state index is 0.767. The lowest BCUT2D eigenvalue weighted by Crippen LogP contribution is -1.99. The van der Waals surface area contributed by atoms with Gasteiger partial charge in [0.15, 0.2) is 0 Å². The number of fused-ring (bicyclic) bond motifs is 1. The fourth-order valence-corrected chi connectivity index (χ4v) is 2.82. The van der Waals surface area contributed by atoms with Gasteiger partial charge in [-0.2, -0.15) is 0 Å². The van der Waals surface area contributed by atoms with Crippen LogP contribution in [-0.4, -0.2) is 0 Å². The van der Waals surface area contributed by atoms with Crippen molar-refractivity contribution in [1.29, 1.82) is 0 Å². The third-order valence-electron chi connectivity index (χ3n) is 3.27. The van der Waals surface area contributed by atoms with Gasteiger partial charge in [0.2, 0.25) is 0 Å². The van der Waals surface area contributed by atoms with Crippen LogP contribution in [0.25, 0.3) is 10.8 Å². The number of hydrogen-bond donors (Lipinski definition) is 1. The molecule has 3 heteroatoms. The molecule has 0 spiro atoms. The first-order valence-corrected chi connectivity index (χ1v) is 7.57. The molecule has 0 saturated carbocycles. The normalized spacial score (nSPS) is 10.7. The lowest BCUT2D eigenvalue weighted by Gasteiger charge is -2.11. The first-order valence-electron chi connectivity index (χ1n) is 6.39. The molecule has 0 aliphatic carbocycles. The van der Waals surface area contributed by atoms with E-state index in [1.165, 1.54) is 16.3 Å². The highest BCUT2D eigenvalue weighted by molar-refractivity contribution is 9.10. The van der Waals surface area contributed by atoms with Crippen molar-refractivity contribution in [2.75, 3.05) is 5.32 Å². The number of benzene rings is 3. The van der Waals surface area contributed by atoms with E-state index in [-0.39, 0.29) is 0 Å². The van der Waals surface area contributed by atoms with Crippen LogP contribution in [0.5, 0.6) is 0 Å². The van der Waals surface area contributed by atoms with Crippen LogP contribution in [0.3, 0.4) is 0 Å². The van der Waals surface area contributed by atoms with Gasteiger partial charge < -0.3 is 5.32 Å². The summed E-state index contributed by atoms with van der Waals surface area (Å²) in [6.07, 6.45) is 0. The second kappa shape index (κ2) is 5.86. The molecule has 0 aliphatic heterocycles. The highest BCUT2D eigenvalue weighted by atomic mass is 79.9. The lowest BCUT2D eigenvalue weighted by molar-refractivity contribution is 1.15. The molecular weight excluding hydrogens is 334 g/mol. The summed E-state index contributed by atoms with van der Waals surface area (Å²) >= 11 is 9.49. The molecule has 0 fully saturated rings. The number of nitrogens with one attached hydrogen (secondary N) is 1. The molecule has 0 atom stereocenters. The third-order valence-corrected chi connectivity index (χ3v) is 4.21. The Balaban J connectivity index is 1.88. The molecule has 1 N–H and O–H groups in total. The Labute approximate surface area is 131 Å². The molecule has 0 radical (unpaired) electrons. The lowest BCUT2D eigenvalue weighted by atomic mass is 10.1. The van der Waals surface area contributed by atoms with Crippen molar-refractivity contribution in [2.24, 2.45) is 0 Å². The van der Waals surface area contributed by atoms with Gasteiger partial charge in [0.25, 0.3) is 0 Å². The van der Waals surface area contributed by atoms with Crippen LogP contribution in [0, 0.1) is 0 Å². The average molecular weight is 347 g/mol. The molecule has 0 unspecified atom stereocenters. The largest absolute Gasteiger partial charge is 0.380 e. The highest BCUT2D eigenvalue weighted by Crippen LogP contribution is 2.30. The van der Waals surface area contributed by atoms with E-state index < -0.39 is 0 Å². The Morgan fingerprint density at radius 1 is 0.850 bits per heavy atom. The second-order valence-electron chi connectivity index (χ2n) is 4.62. The van der Waals surface area contributed by atoms with Crippen LogP contribution < -0.4 is 5.32 Å². The topological polar surface area (TPSA) is 12.0 Å². The fourth-order valence-electron chi connectivity index (χ4n) is 2.22. The van der Waals surface area contributed by atoms with E-state index in [1.54, 1.807) is 0 Å². The van der Waals surface area contributed by atoms with E-state index in [9.17, 15) is 0 Å². The first-order chi connectivity index (χ1) is 9.74. The van der Waals surface area contributed by atoms with E-state index in [1.807, 2.05) is 24.3 Å².